The van der Waals surface area contributed by atoms with Crippen LogP contribution in [0, 0.1) is 6.92 Å². The summed E-state index contributed by atoms with van der Waals surface area (Å²) in [4.78, 5) is 31.3. The van der Waals surface area contributed by atoms with Gasteiger partial charge < -0.3 is 14.2 Å². The summed E-state index contributed by atoms with van der Waals surface area (Å²) in [6.07, 6.45) is 1.24. The average Bonchev–Trinajstić information content (AvgIpc) is 3.49. The van der Waals surface area contributed by atoms with E-state index in [9.17, 15) is 9.59 Å². The largest absolute Gasteiger partial charge is 0.493 e. The molecule has 2 aromatic heterocycles. The van der Waals surface area contributed by atoms with Gasteiger partial charge in [0.05, 0.1) is 17.9 Å². The number of aromatic amines is 1. The Morgan fingerprint density at radius 2 is 2.06 bits per heavy atom. The van der Waals surface area contributed by atoms with Gasteiger partial charge in [0.25, 0.3) is 11.5 Å². The van der Waals surface area contributed by atoms with Crippen molar-refractivity contribution in [2.24, 2.45) is 0 Å². The van der Waals surface area contributed by atoms with E-state index >= 15 is 0 Å². The number of carbonyl (C=O) groups excluding carboxylic acids is 1. The number of nitrogens with one attached hydrogen (secondary N) is 1. The number of ether oxygens (including phenoxy) is 1. The van der Waals surface area contributed by atoms with E-state index in [1.807, 2.05) is 31.2 Å². The minimum atomic E-state index is -0.314. The van der Waals surface area contributed by atoms with Crippen LogP contribution in [0.25, 0.3) is 10.8 Å². The number of hydrogen-bond acceptors (Lipinski definition) is 7. The summed E-state index contributed by atoms with van der Waals surface area (Å²) in [5, 5.41) is 11.5. The van der Waals surface area contributed by atoms with Crippen molar-refractivity contribution in [3.63, 3.8) is 0 Å². The molecule has 0 radical (unpaired) electrons. The lowest BCUT2D eigenvalue weighted by Gasteiger charge is -2.16. The molecule has 0 aliphatic carbocycles. The first kappa shape index (κ1) is 20.9. The summed E-state index contributed by atoms with van der Waals surface area (Å²) in [5.41, 5.74) is 1.07. The summed E-state index contributed by atoms with van der Waals surface area (Å²) in [6.45, 7) is 3.47. The smallest absolute Gasteiger partial charge is 0.274 e. The molecule has 9 heteroatoms. The number of rotatable bonds is 6. The highest BCUT2D eigenvalue weighted by Gasteiger charge is 2.33. The van der Waals surface area contributed by atoms with Gasteiger partial charge in [-0.2, -0.15) is 10.1 Å². The molecule has 168 valence electrons. The third-order valence-corrected chi connectivity index (χ3v) is 5.79. The van der Waals surface area contributed by atoms with Crippen molar-refractivity contribution in [1.82, 2.24) is 25.2 Å². The van der Waals surface area contributed by atoms with Crippen molar-refractivity contribution in [2.75, 3.05) is 19.7 Å². The molecule has 4 aromatic rings. The van der Waals surface area contributed by atoms with Gasteiger partial charge in [0.15, 0.2) is 11.5 Å². The summed E-state index contributed by atoms with van der Waals surface area (Å²) in [6, 6.07) is 14.8. The molecule has 0 bridgehead atoms. The molecule has 1 aliphatic heterocycles. The molecule has 1 unspecified atom stereocenters. The Bertz CT molecular complexity index is 1360. The van der Waals surface area contributed by atoms with E-state index in [2.05, 4.69) is 20.3 Å². The second kappa shape index (κ2) is 8.85. The molecule has 5 rings (SSSR count). The standard InChI is InChI=1S/C24H23N5O4/c1-15-5-4-6-17(13-15)32-12-10-20-25-23(33-28-20)16-9-11-29(14-16)24(31)21-18-7-2-3-8-19(18)22(30)27-26-21/h2-8,13,16H,9-12,14H2,1H3,(H,27,30). The Morgan fingerprint density at radius 3 is 2.91 bits per heavy atom. The van der Waals surface area contributed by atoms with E-state index in [1.165, 1.54) is 0 Å². The molecular weight excluding hydrogens is 422 g/mol. The number of aromatic nitrogens is 4. The number of H-pyrrole nitrogens is 1. The van der Waals surface area contributed by atoms with Crippen LogP contribution < -0.4 is 10.3 Å². The fraction of sp³-hybridized carbons (Fsp3) is 0.292. The van der Waals surface area contributed by atoms with Crippen LogP contribution in [-0.4, -0.2) is 50.8 Å². The van der Waals surface area contributed by atoms with Gasteiger partial charge in [-0.25, -0.2) is 5.10 Å². The van der Waals surface area contributed by atoms with Crippen LogP contribution in [0.1, 0.15) is 40.1 Å². The van der Waals surface area contributed by atoms with Gasteiger partial charge in [0.2, 0.25) is 5.89 Å². The topological polar surface area (TPSA) is 114 Å². The van der Waals surface area contributed by atoms with Crippen LogP contribution >= 0.6 is 0 Å². The van der Waals surface area contributed by atoms with E-state index in [-0.39, 0.29) is 23.1 Å². The fourth-order valence-corrected chi connectivity index (χ4v) is 4.07. The number of aryl methyl sites for hydroxylation is 1. The molecule has 3 heterocycles. The summed E-state index contributed by atoms with van der Waals surface area (Å²) in [5.74, 6) is 1.65. The second-order valence-electron chi connectivity index (χ2n) is 8.15. The first-order valence-electron chi connectivity index (χ1n) is 10.9. The molecule has 0 saturated carbocycles. The molecular formula is C24H23N5O4. The van der Waals surface area contributed by atoms with Crippen LogP contribution in [0.2, 0.25) is 0 Å². The Kier molecular flexibility index (Phi) is 5.60. The molecule has 1 aliphatic rings. The molecule has 1 N–H and O–H groups in total. The Morgan fingerprint density at radius 1 is 1.21 bits per heavy atom. The molecule has 0 spiro atoms. The zero-order valence-electron chi connectivity index (χ0n) is 18.2. The van der Waals surface area contributed by atoms with Crippen molar-refractivity contribution in [1.29, 1.82) is 0 Å². The first-order valence-corrected chi connectivity index (χ1v) is 10.9. The minimum absolute atomic E-state index is 0.0399. The monoisotopic (exact) mass is 445 g/mol. The summed E-state index contributed by atoms with van der Waals surface area (Å²) < 4.78 is 11.2. The zero-order valence-corrected chi connectivity index (χ0v) is 18.2. The quantitative estimate of drug-likeness (QED) is 0.485. The van der Waals surface area contributed by atoms with Gasteiger partial charge in [-0.3, -0.25) is 9.59 Å². The Hall–Kier alpha value is -4.01. The van der Waals surface area contributed by atoms with Crippen molar-refractivity contribution >= 4 is 16.7 Å². The SMILES string of the molecule is Cc1cccc(OCCc2noc(C3CCN(C(=O)c4n[nH]c(=O)c5ccccc45)C3)n2)c1. The van der Waals surface area contributed by atoms with Gasteiger partial charge >= 0.3 is 0 Å². The average molecular weight is 445 g/mol. The van der Waals surface area contributed by atoms with Crippen LogP contribution in [0.15, 0.2) is 57.8 Å². The van der Waals surface area contributed by atoms with Crippen LogP contribution in [-0.2, 0) is 6.42 Å². The third-order valence-electron chi connectivity index (χ3n) is 5.79. The maximum Gasteiger partial charge on any atom is 0.274 e. The van der Waals surface area contributed by atoms with Gasteiger partial charge in [0.1, 0.15) is 5.75 Å². The molecule has 1 amide bonds. The molecule has 33 heavy (non-hydrogen) atoms. The van der Waals surface area contributed by atoms with E-state index in [1.54, 1.807) is 29.2 Å². The van der Waals surface area contributed by atoms with E-state index in [0.717, 1.165) is 11.3 Å². The summed E-state index contributed by atoms with van der Waals surface area (Å²) in [7, 11) is 0. The first-order chi connectivity index (χ1) is 16.1. The number of fused-ring (bicyclic) bond motifs is 1. The number of likely N-dealkylation sites (tertiary alicyclic amines) is 1. The number of carbonyl (C=O) groups is 1. The highest BCUT2D eigenvalue weighted by atomic mass is 16.5. The lowest BCUT2D eigenvalue weighted by atomic mass is 10.1. The molecule has 1 fully saturated rings. The lowest BCUT2D eigenvalue weighted by molar-refractivity contribution is 0.0784. The number of benzene rings is 2. The van der Waals surface area contributed by atoms with E-state index < -0.39 is 0 Å². The van der Waals surface area contributed by atoms with Crippen molar-refractivity contribution in [2.45, 2.75) is 25.7 Å². The minimum Gasteiger partial charge on any atom is -0.493 e. The normalized spacial score (nSPS) is 15.8. The van der Waals surface area contributed by atoms with E-state index in [4.69, 9.17) is 9.26 Å². The van der Waals surface area contributed by atoms with Crippen molar-refractivity contribution in [3.8, 4) is 5.75 Å². The van der Waals surface area contributed by atoms with Crippen molar-refractivity contribution < 1.29 is 14.1 Å². The van der Waals surface area contributed by atoms with Crippen LogP contribution in [0.3, 0.4) is 0 Å². The van der Waals surface area contributed by atoms with Gasteiger partial charge in [-0.1, -0.05) is 35.5 Å². The molecule has 1 atom stereocenters. The predicted molar refractivity (Wildman–Crippen MR) is 120 cm³/mol. The Labute approximate surface area is 189 Å². The fourth-order valence-electron chi connectivity index (χ4n) is 4.07. The molecule has 1 saturated heterocycles. The maximum atomic E-state index is 13.1. The highest BCUT2D eigenvalue weighted by molar-refractivity contribution is 6.04. The van der Waals surface area contributed by atoms with E-state index in [0.29, 0.717) is 55.0 Å². The highest BCUT2D eigenvalue weighted by Crippen LogP contribution is 2.28. The summed E-state index contributed by atoms with van der Waals surface area (Å²) >= 11 is 0. The van der Waals surface area contributed by atoms with Crippen LogP contribution in [0.5, 0.6) is 5.75 Å². The molecule has 2 aromatic carbocycles. The Balaban J connectivity index is 1.22. The van der Waals surface area contributed by atoms with Crippen LogP contribution in [0.4, 0.5) is 0 Å². The third kappa shape index (κ3) is 4.34. The van der Waals surface area contributed by atoms with Gasteiger partial charge in [-0.15, -0.1) is 0 Å². The number of hydrogen-bond donors (Lipinski definition) is 1. The van der Waals surface area contributed by atoms with Crippen molar-refractivity contribution in [3.05, 3.63) is 81.9 Å². The van der Waals surface area contributed by atoms with Gasteiger partial charge in [-0.05, 0) is 37.1 Å². The number of amides is 1. The predicted octanol–water partition coefficient (Wildman–Crippen LogP) is 2.87. The number of nitrogens with zero attached hydrogens (tertiary/aromatic N) is 4. The second-order valence-corrected chi connectivity index (χ2v) is 8.15. The lowest BCUT2D eigenvalue weighted by Crippen LogP contribution is -2.30. The maximum absolute atomic E-state index is 13.1. The zero-order chi connectivity index (χ0) is 22.8. The molecule has 9 nitrogen and oxygen atoms in total. The van der Waals surface area contributed by atoms with Gasteiger partial charge in [0, 0.05) is 24.9 Å².